The zero-order chi connectivity index (χ0) is 4.91. The van der Waals surface area contributed by atoms with Gasteiger partial charge in [-0.1, -0.05) is 6.42 Å². The summed E-state index contributed by atoms with van der Waals surface area (Å²) in [6.45, 7) is 0. The molecule has 0 aromatic heterocycles. The van der Waals surface area contributed by atoms with E-state index in [2.05, 4.69) is 0 Å². The fourth-order valence-electron chi connectivity index (χ4n) is 1.49. The average molecular weight is 98.1 g/mol. The highest BCUT2D eigenvalue weighted by molar-refractivity contribution is 5.07. The van der Waals surface area contributed by atoms with E-state index in [1.54, 1.807) is 0 Å². The van der Waals surface area contributed by atoms with E-state index in [0.717, 1.165) is 6.42 Å². The molecule has 1 nitrogen and oxygen atoms in total. The molecule has 40 valence electrons. The number of aliphatic hydroxyl groups excluding tert-OH is 1. The van der Waals surface area contributed by atoms with Crippen molar-refractivity contribution in [3.05, 3.63) is 0 Å². The molecule has 0 radical (unpaired) electrons. The second-order valence-corrected chi connectivity index (χ2v) is 2.94. The van der Waals surface area contributed by atoms with Gasteiger partial charge in [-0.15, -0.1) is 0 Å². The Hall–Kier alpha value is -0.0400. The third kappa shape index (κ3) is 0.325. The topological polar surface area (TPSA) is 20.2 Å². The van der Waals surface area contributed by atoms with Crippen molar-refractivity contribution in [1.82, 2.24) is 0 Å². The van der Waals surface area contributed by atoms with Crippen molar-refractivity contribution in [2.75, 3.05) is 0 Å². The van der Waals surface area contributed by atoms with Crippen LogP contribution >= 0.6 is 0 Å². The molecule has 7 heavy (non-hydrogen) atoms. The van der Waals surface area contributed by atoms with Crippen LogP contribution in [-0.4, -0.2) is 11.2 Å². The van der Waals surface area contributed by atoms with Gasteiger partial charge < -0.3 is 5.11 Å². The standard InChI is InChI=1S/C6H10O/c7-5-4-6(5)2-1-3-6/h5,7H,1-4H2. The largest absolute Gasteiger partial charge is 0.393 e. The minimum absolute atomic E-state index is 0.0984. The highest BCUT2D eigenvalue weighted by Crippen LogP contribution is 2.60. The maximum Gasteiger partial charge on any atom is 0.0603 e. The molecule has 0 amide bonds. The fourth-order valence-corrected chi connectivity index (χ4v) is 1.49. The normalized spacial score (nSPS) is 43.3. The summed E-state index contributed by atoms with van der Waals surface area (Å²) in [6.07, 6.45) is 5.16. The minimum Gasteiger partial charge on any atom is -0.393 e. The van der Waals surface area contributed by atoms with Crippen LogP contribution in [0.3, 0.4) is 0 Å². The summed E-state index contributed by atoms with van der Waals surface area (Å²) >= 11 is 0. The van der Waals surface area contributed by atoms with Gasteiger partial charge in [0.25, 0.3) is 0 Å². The van der Waals surface area contributed by atoms with Crippen LogP contribution in [0.1, 0.15) is 25.7 Å². The van der Waals surface area contributed by atoms with Crippen molar-refractivity contribution in [3.63, 3.8) is 0 Å². The highest BCUT2D eigenvalue weighted by Gasteiger charge is 2.56. The maximum atomic E-state index is 8.94. The van der Waals surface area contributed by atoms with Crippen molar-refractivity contribution >= 4 is 0 Å². The fraction of sp³-hybridized carbons (Fsp3) is 1.00. The first kappa shape index (κ1) is 3.90. The molecule has 0 aromatic rings. The Labute approximate surface area is 43.3 Å². The first-order valence-electron chi connectivity index (χ1n) is 3.02. The minimum atomic E-state index is 0.0984. The van der Waals surface area contributed by atoms with Crippen LogP contribution < -0.4 is 0 Å². The molecule has 1 N–H and O–H groups in total. The van der Waals surface area contributed by atoms with E-state index in [1.165, 1.54) is 19.3 Å². The molecule has 0 aromatic carbocycles. The third-order valence-corrected chi connectivity index (χ3v) is 2.50. The lowest BCUT2D eigenvalue weighted by Gasteiger charge is -2.24. The monoisotopic (exact) mass is 98.1 g/mol. The van der Waals surface area contributed by atoms with Crippen LogP contribution in [0, 0.1) is 5.41 Å². The Balaban J connectivity index is 2.05. The second kappa shape index (κ2) is 0.873. The van der Waals surface area contributed by atoms with Crippen molar-refractivity contribution in [2.24, 2.45) is 5.41 Å². The van der Waals surface area contributed by atoms with E-state index < -0.39 is 0 Å². The summed E-state index contributed by atoms with van der Waals surface area (Å²) in [7, 11) is 0. The van der Waals surface area contributed by atoms with E-state index in [4.69, 9.17) is 5.11 Å². The molecule has 2 rings (SSSR count). The molecule has 0 saturated heterocycles. The molecule has 1 heteroatoms. The van der Waals surface area contributed by atoms with E-state index >= 15 is 0 Å². The quantitative estimate of drug-likeness (QED) is 0.477. The van der Waals surface area contributed by atoms with Crippen molar-refractivity contribution < 1.29 is 5.11 Å². The molecule has 0 bridgehead atoms. The van der Waals surface area contributed by atoms with Crippen molar-refractivity contribution in [1.29, 1.82) is 0 Å². The third-order valence-electron chi connectivity index (χ3n) is 2.50. The summed E-state index contributed by atoms with van der Waals surface area (Å²) in [6, 6.07) is 0. The van der Waals surface area contributed by atoms with Gasteiger partial charge in [-0.25, -0.2) is 0 Å². The summed E-state index contributed by atoms with van der Waals surface area (Å²) in [5, 5.41) is 8.94. The lowest BCUT2D eigenvalue weighted by Crippen LogP contribution is -2.16. The van der Waals surface area contributed by atoms with Gasteiger partial charge in [0, 0.05) is 0 Å². The molecule has 2 aliphatic carbocycles. The van der Waals surface area contributed by atoms with E-state index in [-0.39, 0.29) is 6.10 Å². The summed E-state index contributed by atoms with van der Waals surface area (Å²) in [5.41, 5.74) is 0.486. The van der Waals surface area contributed by atoms with Gasteiger partial charge in [0.05, 0.1) is 6.10 Å². The van der Waals surface area contributed by atoms with E-state index in [0.29, 0.717) is 5.41 Å². The van der Waals surface area contributed by atoms with Gasteiger partial charge in [-0.2, -0.15) is 0 Å². The van der Waals surface area contributed by atoms with Gasteiger partial charge in [0.2, 0.25) is 0 Å². The number of rotatable bonds is 0. The first-order chi connectivity index (χ1) is 3.33. The first-order valence-corrected chi connectivity index (χ1v) is 3.02. The van der Waals surface area contributed by atoms with Crippen molar-refractivity contribution in [3.8, 4) is 0 Å². The predicted octanol–water partition coefficient (Wildman–Crippen LogP) is 0.921. The highest BCUT2D eigenvalue weighted by atomic mass is 16.3. The molecule has 1 unspecified atom stereocenters. The summed E-state index contributed by atoms with van der Waals surface area (Å²) in [5.74, 6) is 0. The zero-order valence-corrected chi connectivity index (χ0v) is 4.35. The Morgan fingerprint density at radius 2 is 2.00 bits per heavy atom. The lowest BCUT2D eigenvalue weighted by molar-refractivity contribution is 0.158. The molecule has 0 heterocycles. The molecule has 0 aliphatic heterocycles. The van der Waals surface area contributed by atoms with E-state index in [1.807, 2.05) is 0 Å². The molecular formula is C6H10O. The van der Waals surface area contributed by atoms with Crippen LogP contribution in [0.4, 0.5) is 0 Å². The molecule has 2 saturated carbocycles. The maximum absolute atomic E-state index is 8.94. The Morgan fingerprint density at radius 1 is 1.43 bits per heavy atom. The Morgan fingerprint density at radius 3 is 2.00 bits per heavy atom. The number of hydrogen-bond acceptors (Lipinski definition) is 1. The average Bonchev–Trinajstić information content (AvgIpc) is 2.10. The van der Waals surface area contributed by atoms with Gasteiger partial charge in [-0.3, -0.25) is 0 Å². The smallest absolute Gasteiger partial charge is 0.0603 e. The van der Waals surface area contributed by atoms with Crippen molar-refractivity contribution in [2.45, 2.75) is 31.8 Å². The van der Waals surface area contributed by atoms with Crippen LogP contribution in [0.15, 0.2) is 0 Å². The van der Waals surface area contributed by atoms with Crippen LogP contribution in [0.5, 0.6) is 0 Å². The Bertz CT molecular complexity index is 88.8. The molecule has 2 fully saturated rings. The lowest BCUT2D eigenvalue weighted by atomic mass is 9.82. The predicted molar refractivity (Wildman–Crippen MR) is 26.9 cm³/mol. The number of hydrogen-bond donors (Lipinski definition) is 1. The van der Waals surface area contributed by atoms with Crippen LogP contribution in [-0.2, 0) is 0 Å². The summed E-state index contributed by atoms with van der Waals surface area (Å²) < 4.78 is 0. The van der Waals surface area contributed by atoms with E-state index in [9.17, 15) is 0 Å². The summed E-state index contributed by atoms with van der Waals surface area (Å²) in [4.78, 5) is 0. The molecule has 2 aliphatic rings. The van der Waals surface area contributed by atoms with Gasteiger partial charge in [-0.05, 0) is 24.7 Å². The Kier molecular flexibility index (Phi) is 0.487. The second-order valence-electron chi connectivity index (χ2n) is 2.94. The molecular weight excluding hydrogens is 88.1 g/mol. The van der Waals surface area contributed by atoms with Crippen LogP contribution in [0.25, 0.3) is 0 Å². The van der Waals surface area contributed by atoms with Gasteiger partial charge in [0.1, 0.15) is 0 Å². The van der Waals surface area contributed by atoms with Gasteiger partial charge in [0.15, 0.2) is 0 Å². The van der Waals surface area contributed by atoms with Crippen LogP contribution in [0.2, 0.25) is 0 Å². The molecule has 1 atom stereocenters. The zero-order valence-electron chi connectivity index (χ0n) is 4.35. The SMILES string of the molecule is OC1CC12CCC2. The number of aliphatic hydroxyl groups is 1. The molecule has 1 spiro atoms. The van der Waals surface area contributed by atoms with Gasteiger partial charge >= 0.3 is 0 Å².